The molecule has 1 heterocycles. The van der Waals surface area contributed by atoms with Gasteiger partial charge in [-0.05, 0) is 30.9 Å². The van der Waals surface area contributed by atoms with Crippen LogP contribution in [0.1, 0.15) is 31.4 Å². The van der Waals surface area contributed by atoms with Crippen molar-refractivity contribution in [1.82, 2.24) is 5.32 Å². The van der Waals surface area contributed by atoms with Gasteiger partial charge in [0.25, 0.3) is 0 Å². The van der Waals surface area contributed by atoms with E-state index >= 15 is 0 Å². The molecule has 1 aliphatic heterocycles. The molecule has 0 bridgehead atoms. The van der Waals surface area contributed by atoms with Crippen LogP contribution in [-0.4, -0.2) is 25.3 Å². The summed E-state index contributed by atoms with van der Waals surface area (Å²) in [5.41, 5.74) is 2.86. The van der Waals surface area contributed by atoms with Gasteiger partial charge in [-0.2, -0.15) is 0 Å². The minimum atomic E-state index is 0.549. The Morgan fingerprint density at radius 2 is 2.11 bits per heavy atom. The third-order valence-corrected chi connectivity index (χ3v) is 3.76. The zero-order valence-electron chi connectivity index (χ0n) is 11.8. The van der Waals surface area contributed by atoms with Gasteiger partial charge >= 0.3 is 0 Å². The number of hydrogen-bond acceptors (Lipinski definition) is 2. The molecule has 1 aliphatic rings. The average Bonchev–Trinajstić information content (AvgIpc) is 2.34. The van der Waals surface area contributed by atoms with E-state index in [2.05, 4.69) is 50.4 Å². The zero-order valence-corrected chi connectivity index (χ0v) is 11.8. The van der Waals surface area contributed by atoms with E-state index in [0.717, 1.165) is 26.1 Å². The Morgan fingerprint density at radius 1 is 1.33 bits per heavy atom. The van der Waals surface area contributed by atoms with Gasteiger partial charge in [-0.3, -0.25) is 0 Å². The molecule has 2 heteroatoms. The molecule has 0 radical (unpaired) electrons. The maximum absolute atomic E-state index is 5.67. The Balaban J connectivity index is 2.03. The third kappa shape index (κ3) is 3.56. The second-order valence-electron chi connectivity index (χ2n) is 5.68. The van der Waals surface area contributed by atoms with Gasteiger partial charge in [0, 0.05) is 24.6 Å². The van der Waals surface area contributed by atoms with Gasteiger partial charge in [-0.1, -0.05) is 38.1 Å². The summed E-state index contributed by atoms with van der Waals surface area (Å²) in [5, 5.41) is 3.69. The lowest BCUT2D eigenvalue weighted by atomic mass is 9.87. The standard InChI is InChI=1S/C16H25NO/c1-12(2)17-16-8-9-18-11-15(16)10-14-7-5-4-6-13(14)3/h4-7,12,15-17H,8-11H2,1-3H3/t15-,16-/m1/s1. The molecule has 2 nitrogen and oxygen atoms in total. The van der Waals surface area contributed by atoms with Crippen molar-refractivity contribution in [2.45, 2.75) is 45.7 Å². The number of ether oxygens (including phenoxy) is 1. The first kappa shape index (κ1) is 13.6. The average molecular weight is 247 g/mol. The van der Waals surface area contributed by atoms with E-state index in [4.69, 9.17) is 4.74 Å². The van der Waals surface area contributed by atoms with Crippen molar-refractivity contribution in [3.05, 3.63) is 35.4 Å². The summed E-state index contributed by atoms with van der Waals surface area (Å²) in [6.07, 6.45) is 2.26. The summed E-state index contributed by atoms with van der Waals surface area (Å²) in [6, 6.07) is 9.84. The van der Waals surface area contributed by atoms with E-state index in [9.17, 15) is 0 Å². The molecule has 1 fully saturated rings. The highest BCUT2D eigenvalue weighted by atomic mass is 16.5. The summed E-state index contributed by atoms with van der Waals surface area (Å²) >= 11 is 0. The molecule has 18 heavy (non-hydrogen) atoms. The highest BCUT2D eigenvalue weighted by Gasteiger charge is 2.26. The Labute approximate surface area is 111 Å². The topological polar surface area (TPSA) is 21.3 Å². The molecule has 1 N–H and O–H groups in total. The van der Waals surface area contributed by atoms with Crippen molar-refractivity contribution in [3.8, 4) is 0 Å². The Hall–Kier alpha value is -0.860. The summed E-state index contributed by atoms with van der Waals surface area (Å²) in [7, 11) is 0. The Morgan fingerprint density at radius 3 is 2.83 bits per heavy atom. The van der Waals surface area contributed by atoms with E-state index < -0.39 is 0 Å². The van der Waals surface area contributed by atoms with Crippen LogP contribution in [0, 0.1) is 12.8 Å². The molecule has 0 spiro atoms. The lowest BCUT2D eigenvalue weighted by molar-refractivity contribution is 0.0300. The fourth-order valence-corrected chi connectivity index (χ4v) is 2.77. The highest BCUT2D eigenvalue weighted by Crippen LogP contribution is 2.21. The van der Waals surface area contributed by atoms with Crippen molar-refractivity contribution in [2.75, 3.05) is 13.2 Å². The van der Waals surface area contributed by atoms with Crippen molar-refractivity contribution in [1.29, 1.82) is 0 Å². The first-order valence-electron chi connectivity index (χ1n) is 7.05. The minimum Gasteiger partial charge on any atom is -0.381 e. The van der Waals surface area contributed by atoms with Crippen molar-refractivity contribution in [2.24, 2.45) is 5.92 Å². The molecular formula is C16H25NO. The largest absolute Gasteiger partial charge is 0.381 e. The predicted octanol–water partition coefficient (Wildman–Crippen LogP) is 2.94. The molecule has 0 saturated carbocycles. The van der Waals surface area contributed by atoms with Crippen LogP contribution in [0.2, 0.25) is 0 Å². The van der Waals surface area contributed by atoms with Crippen LogP contribution in [0.15, 0.2) is 24.3 Å². The smallest absolute Gasteiger partial charge is 0.0512 e. The lowest BCUT2D eigenvalue weighted by Gasteiger charge is -2.34. The molecule has 0 aromatic heterocycles. The van der Waals surface area contributed by atoms with Crippen molar-refractivity contribution in [3.63, 3.8) is 0 Å². The number of rotatable bonds is 4. The number of nitrogens with one attached hydrogen (secondary N) is 1. The molecule has 0 amide bonds. The van der Waals surface area contributed by atoms with E-state index in [-0.39, 0.29) is 0 Å². The Kier molecular flexibility index (Phi) is 4.79. The summed E-state index contributed by atoms with van der Waals surface area (Å²) in [6.45, 7) is 8.43. The second-order valence-corrected chi connectivity index (χ2v) is 5.68. The number of benzene rings is 1. The van der Waals surface area contributed by atoms with Crippen LogP contribution >= 0.6 is 0 Å². The normalized spacial score (nSPS) is 24.4. The number of hydrogen-bond donors (Lipinski definition) is 1. The van der Waals surface area contributed by atoms with Crippen molar-refractivity contribution < 1.29 is 4.74 Å². The fraction of sp³-hybridized carbons (Fsp3) is 0.625. The molecule has 1 saturated heterocycles. The van der Waals surface area contributed by atoms with Crippen LogP contribution < -0.4 is 5.32 Å². The van der Waals surface area contributed by atoms with E-state index in [0.29, 0.717) is 18.0 Å². The molecule has 0 unspecified atom stereocenters. The molecule has 2 atom stereocenters. The minimum absolute atomic E-state index is 0.549. The van der Waals surface area contributed by atoms with Gasteiger partial charge in [0.2, 0.25) is 0 Å². The molecule has 2 rings (SSSR count). The maximum atomic E-state index is 5.67. The van der Waals surface area contributed by atoms with Crippen LogP contribution in [-0.2, 0) is 11.2 Å². The first-order chi connectivity index (χ1) is 8.66. The van der Waals surface area contributed by atoms with Crippen LogP contribution in [0.4, 0.5) is 0 Å². The van der Waals surface area contributed by atoms with Crippen molar-refractivity contribution >= 4 is 0 Å². The zero-order chi connectivity index (χ0) is 13.0. The lowest BCUT2D eigenvalue weighted by Crippen LogP contribution is -2.46. The third-order valence-electron chi connectivity index (χ3n) is 3.76. The number of aryl methyl sites for hydroxylation is 1. The van der Waals surface area contributed by atoms with Gasteiger partial charge < -0.3 is 10.1 Å². The molecule has 1 aromatic rings. The van der Waals surface area contributed by atoms with Gasteiger partial charge in [-0.25, -0.2) is 0 Å². The quantitative estimate of drug-likeness (QED) is 0.883. The van der Waals surface area contributed by atoms with Gasteiger partial charge in [0.05, 0.1) is 6.61 Å². The summed E-state index contributed by atoms with van der Waals surface area (Å²) in [4.78, 5) is 0. The van der Waals surface area contributed by atoms with E-state index in [1.165, 1.54) is 11.1 Å². The SMILES string of the molecule is Cc1ccccc1C[C@@H]1COCC[C@H]1NC(C)C. The molecule has 1 aromatic carbocycles. The fourth-order valence-electron chi connectivity index (χ4n) is 2.77. The van der Waals surface area contributed by atoms with Gasteiger partial charge in [0.15, 0.2) is 0 Å². The Bertz CT molecular complexity index is 375. The van der Waals surface area contributed by atoms with Gasteiger partial charge in [0.1, 0.15) is 0 Å². The van der Waals surface area contributed by atoms with Crippen LogP contribution in [0.25, 0.3) is 0 Å². The maximum Gasteiger partial charge on any atom is 0.0512 e. The molecule has 0 aliphatic carbocycles. The summed E-state index contributed by atoms with van der Waals surface area (Å²) in [5.74, 6) is 0.599. The van der Waals surface area contributed by atoms with E-state index in [1.54, 1.807) is 0 Å². The van der Waals surface area contributed by atoms with Gasteiger partial charge in [-0.15, -0.1) is 0 Å². The monoisotopic (exact) mass is 247 g/mol. The molecular weight excluding hydrogens is 222 g/mol. The van der Waals surface area contributed by atoms with Crippen LogP contribution in [0.3, 0.4) is 0 Å². The van der Waals surface area contributed by atoms with E-state index in [1.807, 2.05) is 0 Å². The van der Waals surface area contributed by atoms with Crippen LogP contribution in [0.5, 0.6) is 0 Å². The highest BCUT2D eigenvalue weighted by molar-refractivity contribution is 5.26. The molecule has 100 valence electrons. The summed E-state index contributed by atoms with van der Waals surface area (Å²) < 4.78 is 5.67. The first-order valence-corrected chi connectivity index (χ1v) is 7.05. The second kappa shape index (κ2) is 6.35. The predicted molar refractivity (Wildman–Crippen MR) is 75.9 cm³/mol.